The Balaban J connectivity index is 1.30. The molecule has 1 aliphatic rings. The Labute approximate surface area is 218 Å². The molecule has 1 unspecified atom stereocenters. The van der Waals surface area contributed by atoms with E-state index in [4.69, 9.17) is 19.3 Å². The van der Waals surface area contributed by atoms with E-state index in [-0.39, 0.29) is 11.9 Å². The smallest absolute Gasteiger partial charge is 0.337 e. The van der Waals surface area contributed by atoms with Crippen LogP contribution < -0.4 is 25.0 Å². The SMILES string of the molecule is COC(=O)c1ccc(C(=O)NC2CCN(c3cc(Nc4ccc(OC)c(OC)n4)c4nccn4n3)C2)cc1. The van der Waals surface area contributed by atoms with Crippen LogP contribution in [-0.2, 0) is 4.74 Å². The summed E-state index contributed by atoms with van der Waals surface area (Å²) in [5.74, 6) is 1.55. The molecule has 38 heavy (non-hydrogen) atoms. The largest absolute Gasteiger partial charge is 0.491 e. The number of anilines is 3. The summed E-state index contributed by atoms with van der Waals surface area (Å²) in [5.41, 5.74) is 2.23. The van der Waals surface area contributed by atoms with Gasteiger partial charge in [0, 0.05) is 43.2 Å². The minimum absolute atomic E-state index is 0.0630. The number of rotatable bonds is 8. The molecule has 1 fully saturated rings. The van der Waals surface area contributed by atoms with Crippen LogP contribution in [0.15, 0.2) is 54.9 Å². The van der Waals surface area contributed by atoms with Crippen molar-refractivity contribution in [2.24, 2.45) is 0 Å². The summed E-state index contributed by atoms with van der Waals surface area (Å²) in [6.45, 7) is 1.31. The maximum atomic E-state index is 12.8. The van der Waals surface area contributed by atoms with Gasteiger partial charge >= 0.3 is 5.97 Å². The molecule has 1 aliphatic heterocycles. The summed E-state index contributed by atoms with van der Waals surface area (Å²) < 4.78 is 17.0. The first-order valence-electron chi connectivity index (χ1n) is 11.9. The van der Waals surface area contributed by atoms with Crippen LogP contribution in [0.5, 0.6) is 11.6 Å². The van der Waals surface area contributed by atoms with E-state index in [9.17, 15) is 9.59 Å². The van der Waals surface area contributed by atoms with E-state index in [0.29, 0.717) is 47.3 Å². The topological polar surface area (TPSA) is 132 Å². The highest BCUT2D eigenvalue weighted by molar-refractivity contribution is 5.96. The number of carbonyl (C=O) groups excluding carboxylic acids is 2. The van der Waals surface area contributed by atoms with Crippen molar-refractivity contribution in [1.82, 2.24) is 24.9 Å². The van der Waals surface area contributed by atoms with Gasteiger partial charge < -0.3 is 29.7 Å². The Hall–Kier alpha value is -4.87. The highest BCUT2D eigenvalue weighted by Crippen LogP contribution is 2.30. The lowest BCUT2D eigenvalue weighted by atomic mass is 10.1. The Morgan fingerprint density at radius 2 is 1.82 bits per heavy atom. The number of pyridine rings is 1. The molecule has 4 aromatic rings. The van der Waals surface area contributed by atoms with Crippen LogP contribution in [0.2, 0.25) is 0 Å². The fourth-order valence-corrected chi connectivity index (χ4v) is 4.32. The van der Waals surface area contributed by atoms with Crippen molar-refractivity contribution in [3.8, 4) is 11.6 Å². The van der Waals surface area contributed by atoms with Gasteiger partial charge in [-0.25, -0.2) is 14.3 Å². The van der Waals surface area contributed by atoms with Crippen LogP contribution in [0.1, 0.15) is 27.1 Å². The number of carbonyl (C=O) groups is 2. The third-order valence-corrected chi connectivity index (χ3v) is 6.26. The lowest BCUT2D eigenvalue weighted by molar-refractivity contribution is 0.0600. The number of benzene rings is 1. The highest BCUT2D eigenvalue weighted by Gasteiger charge is 2.26. The molecule has 2 N–H and O–H groups in total. The number of fused-ring (bicyclic) bond motifs is 1. The molecule has 196 valence electrons. The quantitative estimate of drug-likeness (QED) is 0.336. The second-order valence-corrected chi connectivity index (χ2v) is 8.62. The summed E-state index contributed by atoms with van der Waals surface area (Å²) in [7, 11) is 4.41. The summed E-state index contributed by atoms with van der Waals surface area (Å²) in [6, 6.07) is 11.8. The zero-order valence-electron chi connectivity index (χ0n) is 21.2. The normalized spacial score (nSPS) is 14.8. The maximum absolute atomic E-state index is 12.8. The maximum Gasteiger partial charge on any atom is 0.337 e. The average Bonchev–Trinajstić information content (AvgIpc) is 3.62. The third kappa shape index (κ3) is 5.01. The van der Waals surface area contributed by atoms with Gasteiger partial charge in [0.25, 0.3) is 11.8 Å². The molecule has 12 heteroatoms. The number of aromatic nitrogens is 4. The first-order valence-corrected chi connectivity index (χ1v) is 11.9. The summed E-state index contributed by atoms with van der Waals surface area (Å²) in [6.07, 6.45) is 4.22. The van der Waals surface area contributed by atoms with Gasteiger partial charge in [-0.2, -0.15) is 4.98 Å². The van der Waals surface area contributed by atoms with E-state index in [0.717, 1.165) is 17.9 Å². The second kappa shape index (κ2) is 10.6. The van der Waals surface area contributed by atoms with Gasteiger partial charge in [-0.3, -0.25) is 4.79 Å². The number of nitrogens with one attached hydrogen (secondary N) is 2. The van der Waals surface area contributed by atoms with E-state index < -0.39 is 5.97 Å². The van der Waals surface area contributed by atoms with Crippen molar-refractivity contribution < 1.29 is 23.8 Å². The average molecular weight is 518 g/mol. The molecule has 0 bridgehead atoms. The Kier molecular flexibility index (Phi) is 6.94. The molecule has 0 saturated carbocycles. The van der Waals surface area contributed by atoms with Crippen molar-refractivity contribution in [3.63, 3.8) is 0 Å². The lowest BCUT2D eigenvalue weighted by Crippen LogP contribution is -2.37. The molecule has 4 heterocycles. The van der Waals surface area contributed by atoms with E-state index in [1.54, 1.807) is 60.4 Å². The van der Waals surface area contributed by atoms with Crippen LogP contribution in [0.4, 0.5) is 17.3 Å². The van der Waals surface area contributed by atoms with E-state index in [2.05, 4.69) is 25.5 Å². The predicted octanol–water partition coefficient (Wildman–Crippen LogP) is 2.68. The first-order chi connectivity index (χ1) is 18.5. The van der Waals surface area contributed by atoms with E-state index in [1.807, 2.05) is 6.07 Å². The number of hydrogen-bond acceptors (Lipinski definition) is 10. The van der Waals surface area contributed by atoms with Crippen LogP contribution in [0.3, 0.4) is 0 Å². The minimum Gasteiger partial charge on any atom is -0.491 e. The minimum atomic E-state index is -0.443. The number of nitrogens with zero attached hydrogens (tertiary/aromatic N) is 5. The van der Waals surface area contributed by atoms with Gasteiger partial charge in [-0.05, 0) is 42.8 Å². The van der Waals surface area contributed by atoms with Crippen molar-refractivity contribution in [2.45, 2.75) is 12.5 Å². The van der Waals surface area contributed by atoms with Gasteiger partial charge in [-0.1, -0.05) is 0 Å². The first kappa shape index (κ1) is 24.8. The van der Waals surface area contributed by atoms with Crippen molar-refractivity contribution in [1.29, 1.82) is 0 Å². The number of amides is 1. The van der Waals surface area contributed by atoms with E-state index in [1.165, 1.54) is 14.2 Å². The number of methoxy groups -OCH3 is 3. The molecule has 0 aliphatic carbocycles. The number of imidazole rings is 1. The van der Waals surface area contributed by atoms with Crippen LogP contribution >= 0.6 is 0 Å². The Bertz CT molecular complexity index is 1470. The van der Waals surface area contributed by atoms with Gasteiger partial charge in [0.05, 0.1) is 32.6 Å². The Morgan fingerprint density at radius 1 is 1.03 bits per heavy atom. The molecule has 1 atom stereocenters. The predicted molar refractivity (Wildman–Crippen MR) is 139 cm³/mol. The number of esters is 1. The summed E-state index contributed by atoms with van der Waals surface area (Å²) >= 11 is 0. The van der Waals surface area contributed by atoms with Crippen molar-refractivity contribution in [3.05, 3.63) is 66.0 Å². The molecular weight excluding hydrogens is 490 g/mol. The van der Waals surface area contributed by atoms with E-state index >= 15 is 0 Å². The molecule has 1 amide bonds. The second-order valence-electron chi connectivity index (χ2n) is 8.62. The molecule has 1 aromatic carbocycles. The molecule has 5 rings (SSSR count). The monoisotopic (exact) mass is 517 g/mol. The highest BCUT2D eigenvalue weighted by atomic mass is 16.5. The molecule has 0 radical (unpaired) electrons. The fourth-order valence-electron chi connectivity index (χ4n) is 4.32. The van der Waals surface area contributed by atoms with Crippen LogP contribution in [0.25, 0.3) is 5.65 Å². The molecule has 3 aromatic heterocycles. The lowest BCUT2D eigenvalue weighted by Gasteiger charge is -2.19. The van der Waals surface area contributed by atoms with Gasteiger partial charge in [-0.15, -0.1) is 5.10 Å². The third-order valence-electron chi connectivity index (χ3n) is 6.26. The summed E-state index contributed by atoms with van der Waals surface area (Å²) in [4.78, 5) is 35.4. The molecule has 12 nitrogen and oxygen atoms in total. The zero-order valence-corrected chi connectivity index (χ0v) is 21.2. The van der Waals surface area contributed by atoms with Crippen molar-refractivity contribution in [2.75, 3.05) is 44.6 Å². The molecule has 1 saturated heterocycles. The standard InChI is InChI=1S/C26H27N7O5/c1-36-20-8-9-21(30-25(20)37-2)29-19-14-22(31-33-13-11-27-23(19)33)32-12-10-18(15-32)28-24(34)16-4-6-17(7-5-16)26(35)38-3/h4-9,11,13-14,18H,10,12,15H2,1-3H3,(H,28,34)(H,29,30). The van der Waals surface area contributed by atoms with Crippen LogP contribution in [-0.4, -0.2) is 71.9 Å². The van der Waals surface area contributed by atoms with Crippen LogP contribution in [0, 0.1) is 0 Å². The fraction of sp³-hybridized carbons (Fsp3) is 0.269. The molecular formula is C26H27N7O5. The zero-order chi connectivity index (χ0) is 26.6. The van der Waals surface area contributed by atoms with Gasteiger partial charge in [0.15, 0.2) is 17.2 Å². The number of hydrogen-bond donors (Lipinski definition) is 2. The molecule has 0 spiro atoms. The number of ether oxygens (including phenoxy) is 3. The summed E-state index contributed by atoms with van der Waals surface area (Å²) in [5, 5.41) is 11.1. The Morgan fingerprint density at radius 3 is 2.55 bits per heavy atom. The van der Waals surface area contributed by atoms with Gasteiger partial charge in [0.1, 0.15) is 5.82 Å². The van der Waals surface area contributed by atoms with Crippen molar-refractivity contribution >= 4 is 34.8 Å². The van der Waals surface area contributed by atoms with Gasteiger partial charge in [0.2, 0.25) is 0 Å².